The van der Waals surface area contributed by atoms with E-state index in [1.54, 1.807) is 0 Å². The van der Waals surface area contributed by atoms with Gasteiger partial charge in [0.15, 0.2) is 0 Å². The largest absolute Gasteiger partial charge is 0.396 e. The second-order valence-electron chi connectivity index (χ2n) is 3.15. The van der Waals surface area contributed by atoms with Crippen LogP contribution in [0.25, 0.3) is 0 Å². The Morgan fingerprint density at radius 2 is 1.94 bits per heavy atom. The van der Waals surface area contributed by atoms with Crippen LogP contribution < -0.4 is 0 Å². The van der Waals surface area contributed by atoms with E-state index in [0.29, 0.717) is 0 Å². The second kappa shape index (κ2) is 5.62. The van der Waals surface area contributed by atoms with Gasteiger partial charge in [0.1, 0.15) is 0 Å². The number of isocyanates is 1. The Kier molecular flexibility index (Phi) is 4.19. The molecule has 0 aliphatic rings. The van der Waals surface area contributed by atoms with Crippen molar-refractivity contribution in [3.8, 4) is 0 Å². The summed E-state index contributed by atoms with van der Waals surface area (Å²) in [6.07, 6.45) is 1.02. The van der Waals surface area contributed by atoms with Crippen LogP contribution in [-0.4, -0.2) is 27.6 Å². The number of hydrogen-bond donors (Lipinski definition) is 1. The Hall–Kier alpha value is -2.64. The van der Waals surface area contributed by atoms with Crippen molar-refractivity contribution >= 4 is 23.1 Å². The van der Waals surface area contributed by atoms with E-state index in [9.17, 15) is 25.0 Å². The summed E-state index contributed by atoms with van der Waals surface area (Å²) in [5.41, 5.74) is -1.40. The molecule has 0 fully saturated rings. The summed E-state index contributed by atoms with van der Waals surface area (Å²) in [6, 6.07) is 1.68. The fourth-order valence-corrected chi connectivity index (χ4v) is 1.41. The van der Waals surface area contributed by atoms with E-state index in [0.717, 1.165) is 18.2 Å². The van der Waals surface area contributed by atoms with Gasteiger partial charge >= 0.3 is 0 Å². The van der Waals surface area contributed by atoms with Crippen molar-refractivity contribution in [1.29, 1.82) is 0 Å². The Morgan fingerprint density at radius 3 is 2.39 bits per heavy atom. The smallest absolute Gasteiger partial charge is 0.281 e. The summed E-state index contributed by atoms with van der Waals surface area (Å²) in [6.45, 7) is -0.417. The van der Waals surface area contributed by atoms with Crippen molar-refractivity contribution in [2.45, 2.75) is 6.42 Å². The molecule has 1 aromatic carbocycles. The molecular formula is C9H7N3O6. The van der Waals surface area contributed by atoms with Gasteiger partial charge in [-0.1, -0.05) is 0 Å². The topological polar surface area (TPSA) is 136 Å². The zero-order valence-electron chi connectivity index (χ0n) is 8.90. The fourth-order valence-electron chi connectivity index (χ4n) is 1.41. The summed E-state index contributed by atoms with van der Waals surface area (Å²) in [5.74, 6) is 0. The lowest BCUT2D eigenvalue weighted by Gasteiger charge is -2.04. The summed E-state index contributed by atoms with van der Waals surface area (Å²) in [5, 5.41) is 30.2. The first-order chi connectivity index (χ1) is 8.51. The molecule has 0 bridgehead atoms. The second-order valence-corrected chi connectivity index (χ2v) is 3.15. The van der Waals surface area contributed by atoms with Gasteiger partial charge in [0.2, 0.25) is 6.08 Å². The van der Waals surface area contributed by atoms with E-state index in [-0.39, 0.29) is 17.7 Å². The van der Waals surface area contributed by atoms with Gasteiger partial charge in [0.05, 0.1) is 27.2 Å². The fraction of sp³-hybridized carbons (Fsp3) is 0.222. The Balaban J connectivity index is 3.58. The summed E-state index contributed by atoms with van der Waals surface area (Å²) in [4.78, 5) is 33.1. The third-order valence-electron chi connectivity index (χ3n) is 2.12. The van der Waals surface area contributed by atoms with E-state index >= 15 is 0 Å². The number of carbonyl (C=O) groups excluding carboxylic acids is 1. The van der Waals surface area contributed by atoms with E-state index in [1.807, 2.05) is 0 Å². The normalized spacial score (nSPS) is 9.61. The number of nitro benzene ring substituents is 2. The molecule has 1 rings (SSSR count). The number of hydrogen-bond acceptors (Lipinski definition) is 7. The first-order valence-corrected chi connectivity index (χ1v) is 4.65. The number of aliphatic hydroxyl groups excluding tert-OH is 1. The number of aliphatic imine (C=N–C) groups is 1. The molecule has 9 nitrogen and oxygen atoms in total. The number of nitrogens with zero attached hydrogens (tertiary/aromatic N) is 3. The van der Waals surface area contributed by atoms with Crippen molar-refractivity contribution in [3.05, 3.63) is 37.9 Å². The third kappa shape index (κ3) is 2.73. The van der Waals surface area contributed by atoms with E-state index < -0.39 is 27.8 Å². The number of aliphatic hydroxyl groups is 1. The number of rotatable bonds is 5. The Morgan fingerprint density at radius 1 is 1.28 bits per heavy atom. The van der Waals surface area contributed by atoms with Crippen molar-refractivity contribution in [3.63, 3.8) is 0 Å². The molecule has 0 saturated carbocycles. The Labute approximate surface area is 99.7 Å². The quantitative estimate of drug-likeness (QED) is 0.359. The van der Waals surface area contributed by atoms with Gasteiger partial charge in [0.25, 0.3) is 11.4 Å². The lowest BCUT2D eigenvalue weighted by Crippen LogP contribution is -2.01. The minimum atomic E-state index is -0.834. The van der Waals surface area contributed by atoms with Crippen molar-refractivity contribution in [2.24, 2.45) is 4.99 Å². The van der Waals surface area contributed by atoms with Gasteiger partial charge in [-0.15, -0.1) is 0 Å². The van der Waals surface area contributed by atoms with Crippen LogP contribution in [0.3, 0.4) is 0 Å². The maximum Gasteiger partial charge on any atom is 0.281 e. The summed E-state index contributed by atoms with van der Waals surface area (Å²) < 4.78 is 0. The zero-order chi connectivity index (χ0) is 13.7. The zero-order valence-corrected chi connectivity index (χ0v) is 8.90. The van der Waals surface area contributed by atoms with Crippen LogP contribution in [0, 0.1) is 20.2 Å². The van der Waals surface area contributed by atoms with Gasteiger partial charge < -0.3 is 5.11 Å². The molecule has 0 aromatic heterocycles. The molecule has 1 N–H and O–H groups in total. The highest BCUT2D eigenvalue weighted by Gasteiger charge is 2.23. The highest BCUT2D eigenvalue weighted by molar-refractivity contribution is 5.66. The van der Waals surface area contributed by atoms with Crippen molar-refractivity contribution in [1.82, 2.24) is 0 Å². The molecule has 0 atom stereocenters. The lowest BCUT2D eigenvalue weighted by molar-refractivity contribution is -0.394. The average Bonchev–Trinajstić information content (AvgIpc) is 2.30. The molecule has 0 heterocycles. The van der Waals surface area contributed by atoms with Crippen LogP contribution in [-0.2, 0) is 11.2 Å². The van der Waals surface area contributed by atoms with Crippen molar-refractivity contribution < 1.29 is 19.7 Å². The highest BCUT2D eigenvalue weighted by Crippen LogP contribution is 2.34. The van der Waals surface area contributed by atoms with E-state index in [1.165, 1.54) is 0 Å². The molecule has 0 amide bonds. The minimum absolute atomic E-state index is 0.0450. The van der Waals surface area contributed by atoms with Crippen LogP contribution in [0.1, 0.15) is 5.56 Å². The molecule has 94 valence electrons. The van der Waals surface area contributed by atoms with Gasteiger partial charge in [-0.05, 0) is 0 Å². The highest BCUT2D eigenvalue weighted by atomic mass is 16.6. The minimum Gasteiger partial charge on any atom is -0.396 e. The van der Waals surface area contributed by atoms with Gasteiger partial charge in [0, 0.05) is 19.1 Å². The molecule has 0 aliphatic heterocycles. The molecule has 0 aliphatic carbocycles. The first kappa shape index (κ1) is 13.4. The standard InChI is InChI=1S/C9H7N3O6/c13-2-1-7-8(10-5-14)3-6(11(15)16)4-9(7)12(17)18/h3-4,13H,1-2H2. The summed E-state index contributed by atoms with van der Waals surface area (Å²) in [7, 11) is 0. The lowest BCUT2D eigenvalue weighted by atomic mass is 10.1. The SMILES string of the molecule is O=C=Nc1cc([N+](=O)[O-])cc([N+](=O)[O-])c1CCO. The molecule has 18 heavy (non-hydrogen) atoms. The van der Waals surface area contributed by atoms with Gasteiger partial charge in [-0.25, -0.2) is 4.79 Å². The van der Waals surface area contributed by atoms with E-state index in [2.05, 4.69) is 4.99 Å². The molecule has 0 saturated heterocycles. The summed E-state index contributed by atoms with van der Waals surface area (Å²) >= 11 is 0. The molecule has 0 spiro atoms. The van der Waals surface area contributed by atoms with Crippen molar-refractivity contribution in [2.75, 3.05) is 6.61 Å². The van der Waals surface area contributed by atoms with Crippen LogP contribution in [0.15, 0.2) is 17.1 Å². The predicted octanol–water partition coefficient (Wildman–Crippen LogP) is 1.01. The number of non-ortho nitro benzene ring substituents is 1. The predicted molar refractivity (Wildman–Crippen MR) is 58.3 cm³/mol. The van der Waals surface area contributed by atoms with Crippen LogP contribution >= 0.6 is 0 Å². The molecule has 0 radical (unpaired) electrons. The van der Waals surface area contributed by atoms with Gasteiger partial charge in [-0.2, -0.15) is 4.99 Å². The third-order valence-corrected chi connectivity index (χ3v) is 2.12. The van der Waals surface area contributed by atoms with E-state index in [4.69, 9.17) is 5.11 Å². The molecule has 1 aromatic rings. The van der Waals surface area contributed by atoms with Crippen LogP contribution in [0.2, 0.25) is 0 Å². The monoisotopic (exact) mass is 253 g/mol. The number of benzene rings is 1. The van der Waals surface area contributed by atoms with Crippen LogP contribution in [0.5, 0.6) is 0 Å². The maximum atomic E-state index is 10.8. The van der Waals surface area contributed by atoms with Crippen LogP contribution in [0.4, 0.5) is 17.1 Å². The molecule has 9 heteroatoms. The maximum absolute atomic E-state index is 10.8. The molecule has 0 unspecified atom stereocenters. The Bertz CT molecular complexity index is 526. The first-order valence-electron chi connectivity index (χ1n) is 4.65. The number of nitro groups is 2. The average molecular weight is 253 g/mol. The molecular weight excluding hydrogens is 246 g/mol. The van der Waals surface area contributed by atoms with Gasteiger partial charge in [-0.3, -0.25) is 20.2 Å².